The number of ether oxygens (including phenoxy) is 1. The van der Waals surface area contributed by atoms with Gasteiger partial charge in [0, 0.05) is 59.8 Å². The molecule has 0 atom stereocenters. The topological polar surface area (TPSA) is 43.2 Å². The van der Waals surface area contributed by atoms with Crippen LogP contribution in [0, 0.1) is 0 Å². The molecule has 1 aliphatic heterocycles. The SMILES string of the molecule is Cn1ccc2cc(-c3ccc4c(c3)CN(c3ccnc5ccccc35)CCO4)cnc21. The summed E-state index contributed by atoms with van der Waals surface area (Å²) >= 11 is 0. The van der Waals surface area contributed by atoms with Crippen molar-refractivity contribution in [3.05, 3.63) is 84.8 Å². The van der Waals surface area contributed by atoms with Gasteiger partial charge in [-0.15, -0.1) is 0 Å². The zero-order chi connectivity index (χ0) is 20.8. The van der Waals surface area contributed by atoms with E-state index in [-0.39, 0.29) is 0 Å². The average Bonchev–Trinajstić information content (AvgIpc) is 3.05. The molecule has 6 rings (SSSR count). The Morgan fingerprint density at radius 3 is 2.84 bits per heavy atom. The van der Waals surface area contributed by atoms with Gasteiger partial charge < -0.3 is 14.2 Å². The van der Waals surface area contributed by atoms with Crippen molar-refractivity contribution < 1.29 is 4.74 Å². The number of nitrogens with zero attached hydrogens (tertiary/aromatic N) is 4. The van der Waals surface area contributed by atoms with E-state index in [0.717, 1.165) is 46.5 Å². The van der Waals surface area contributed by atoms with Crippen LogP contribution in [0.5, 0.6) is 5.75 Å². The summed E-state index contributed by atoms with van der Waals surface area (Å²) in [5.74, 6) is 0.957. The lowest BCUT2D eigenvalue weighted by atomic mass is 10.0. The first-order chi connectivity index (χ1) is 15.3. The maximum atomic E-state index is 6.10. The van der Waals surface area contributed by atoms with Crippen LogP contribution in [0.25, 0.3) is 33.1 Å². The number of fused-ring (bicyclic) bond motifs is 3. The molecule has 3 aromatic heterocycles. The minimum Gasteiger partial charge on any atom is -0.491 e. The number of hydrogen-bond donors (Lipinski definition) is 0. The molecule has 0 aliphatic carbocycles. The normalized spacial score (nSPS) is 13.8. The number of benzene rings is 2. The van der Waals surface area contributed by atoms with E-state index in [1.165, 1.54) is 16.6 Å². The molecule has 5 heteroatoms. The van der Waals surface area contributed by atoms with Crippen molar-refractivity contribution in [3.8, 4) is 16.9 Å². The maximum Gasteiger partial charge on any atom is 0.139 e. The summed E-state index contributed by atoms with van der Waals surface area (Å²) in [6, 6.07) is 21.2. The van der Waals surface area contributed by atoms with E-state index >= 15 is 0 Å². The summed E-state index contributed by atoms with van der Waals surface area (Å²) < 4.78 is 8.14. The number of aryl methyl sites for hydroxylation is 1. The number of para-hydroxylation sites is 1. The molecule has 0 amide bonds. The van der Waals surface area contributed by atoms with Crippen molar-refractivity contribution >= 4 is 27.6 Å². The van der Waals surface area contributed by atoms with Crippen LogP contribution in [-0.4, -0.2) is 27.7 Å². The molecule has 31 heavy (non-hydrogen) atoms. The fourth-order valence-corrected chi connectivity index (χ4v) is 4.45. The van der Waals surface area contributed by atoms with Gasteiger partial charge in [-0.1, -0.05) is 24.3 Å². The van der Waals surface area contributed by atoms with Crippen LogP contribution in [0.15, 0.2) is 79.3 Å². The molecular weight excluding hydrogens is 384 g/mol. The van der Waals surface area contributed by atoms with Crippen LogP contribution in [-0.2, 0) is 13.6 Å². The molecule has 5 nitrogen and oxygen atoms in total. The molecule has 0 bridgehead atoms. The van der Waals surface area contributed by atoms with Gasteiger partial charge in [0.25, 0.3) is 0 Å². The summed E-state index contributed by atoms with van der Waals surface area (Å²) in [4.78, 5) is 11.6. The van der Waals surface area contributed by atoms with Gasteiger partial charge in [-0.3, -0.25) is 4.98 Å². The fraction of sp³-hybridized carbons (Fsp3) is 0.154. The number of hydrogen-bond acceptors (Lipinski definition) is 4. The standard InChI is InChI=1S/C26H22N4O/c1-29-11-9-19-15-20(16-28-26(19)29)18-6-7-25-21(14-18)17-30(12-13-31-25)24-8-10-27-23-5-3-2-4-22(23)24/h2-11,14-16H,12-13,17H2,1H3. The van der Waals surface area contributed by atoms with Crippen molar-refractivity contribution in [1.82, 2.24) is 14.5 Å². The van der Waals surface area contributed by atoms with Gasteiger partial charge in [-0.05, 0) is 42.0 Å². The van der Waals surface area contributed by atoms with Crippen LogP contribution < -0.4 is 9.64 Å². The fourth-order valence-electron chi connectivity index (χ4n) is 4.45. The molecule has 2 aromatic carbocycles. The summed E-state index contributed by atoms with van der Waals surface area (Å²) in [5, 5.41) is 2.32. The van der Waals surface area contributed by atoms with E-state index in [4.69, 9.17) is 4.74 Å². The Morgan fingerprint density at radius 2 is 1.87 bits per heavy atom. The highest BCUT2D eigenvalue weighted by atomic mass is 16.5. The molecule has 0 saturated carbocycles. The number of anilines is 1. The smallest absolute Gasteiger partial charge is 0.139 e. The second-order valence-corrected chi connectivity index (χ2v) is 8.00. The Morgan fingerprint density at radius 1 is 0.935 bits per heavy atom. The van der Waals surface area contributed by atoms with Gasteiger partial charge in [0.1, 0.15) is 18.0 Å². The number of rotatable bonds is 2. The van der Waals surface area contributed by atoms with Gasteiger partial charge in [-0.2, -0.15) is 0 Å². The number of pyridine rings is 2. The van der Waals surface area contributed by atoms with E-state index in [0.29, 0.717) is 6.61 Å². The van der Waals surface area contributed by atoms with Crippen molar-refractivity contribution in [2.45, 2.75) is 6.54 Å². The Bertz CT molecular complexity index is 1420. The summed E-state index contributed by atoms with van der Waals surface area (Å²) in [6.45, 7) is 2.27. The third-order valence-corrected chi connectivity index (χ3v) is 6.05. The summed E-state index contributed by atoms with van der Waals surface area (Å²) in [5.41, 5.74) is 6.66. The minimum atomic E-state index is 0.653. The highest BCUT2D eigenvalue weighted by molar-refractivity contribution is 5.91. The van der Waals surface area contributed by atoms with Gasteiger partial charge in [0.05, 0.1) is 12.1 Å². The Kier molecular flexibility index (Phi) is 4.13. The third-order valence-electron chi connectivity index (χ3n) is 6.05. The molecule has 1 aliphatic rings. The lowest BCUT2D eigenvalue weighted by Gasteiger charge is -2.23. The molecular formula is C26H22N4O. The summed E-state index contributed by atoms with van der Waals surface area (Å²) in [7, 11) is 2.02. The minimum absolute atomic E-state index is 0.653. The van der Waals surface area contributed by atoms with Crippen LogP contribution in [0.2, 0.25) is 0 Å². The van der Waals surface area contributed by atoms with Crippen LogP contribution in [0.3, 0.4) is 0 Å². The largest absolute Gasteiger partial charge is 0.491 e. The van der Waals surface area contributed by atoms with Crippen molar-refractivity contribution in [2.75, 3.05) is 18.1 Å². The van der Waals surface area contributed by atoms with E-state index in [2.05, 4.69) is 69.5 Å². The lowest BCUT2D eigenvalue weighted by Crippen LogP contribution is -2.25. The molecule has 4 heterocycles. The zero-order valence-corrected chi connectivity index (χ0v) is 17.3. The zero-order valence-electron chi connectivity index (χ0n) is 17.3. The van der Waals surface area contributed by atoms with Crippen LogP contribution >= 0.6 is 0 Å². The first-order valence-electron chi connectivity index (χ1n) is 10.5. The van der Waals surface area contributed by atoms with Crippen molar-refractivity contribution in [2.24, 2.45) is 7.05 Å². The molecule has 0 radical (unpaired) electrons. The second-order valence-electron chi connectivity index (χ2n) is 8.00. The molecule has 5 aromatic rings. The lowest BCUT2D eigenvalue weighted by molar-refractivity contribution is 0.332. The van der Waals surface area contributed by atoms with Gasteiger partial charge in [0.2, 0.25) is 0 Å². The van der Waals surface area contributed by atoms with Crippen molar-refractivity contribution in [1.29, 1.82) is 0 Å². The average molecular weight is 406 g/mol. The Balaban J connectivity index is 1.40. The van der Waals surface area contributed by atoms with E-state index < -0.39 is 0 Å². The monoisotopic (exact) mass is 406 g/mol. The predicted octanol–water partition coefficient (Wildman–Crippen LogP) is 5.19. The Labute approximate surface area is 180 Å². The van der Waals surface area contributed by atoms with E-state index in [1.54, 1.807) is 0 Å². The second kappa shape index (κ2) is 7.13. The van der Waals surface area contributed by atoms with Crippen LogP contribution in [0.1, 0.15) is 5.56 Å². The van der Waals surface area contributed by atoms with Gasteiger partial charge >= 0.3 is 0 Å². The summed E-state index contributed by atoms with van der Waals surface area (Å²) in [6.07, 6.45) is 5.89. The highest BCUT2D eigenvalue weighted by Crippen LogP contribution is 2.33. The molecule has 0 unspecified atom stereocenters. The van der Waals surface area contributed by atoms with Gasteiger partial charge in [-0.25, -0.2) is 4.98 Å². The molecule has 0 spiro atoms. The van der Waals surface area contributed by atoms with Crippen LogP contribution in [0.4, 0.5) is 5.69 Å². The van der Waals surface area contributed by atoms with E-state index in [9.17, 15) is 0 Å². The third kappa shape index (κ3) is 3.10. The molecule has 0 saturated heterocycles. The number of aromatic nitrogens is 3. The molecule has 0 N–H and O–H groups in total. The molecule has 152 valence electrons. The first-order valence-corrected chi connectivity index (χ1v) is 10.5. The maximum absolute atomic E-state index is 6.10. The first kappa shape index (κ1) is 18.0. The Hall–Kier alpha value is -3.86. The highest BCUT2D eigenvalue weighted by Gasteiger charge is 2.18. The van der Waals surface area contributed by atoms with Crippen molar-refractivity contribution in [3.63, 3.8) is 0 Å². The quantitative estimate of drug-likeness (QED) is 0.405. The van der Waals surface area contributed by atoms with Gasteiger partial charge in [0.15, 0.2) is 0 Å². The van der Waals surface area contributed by atoms with E-state index in [1.807, 2.05) is 36.3 Å². The predicted molar refractivity (Wildman–Crippen MR) is 124 cm³/mol. The molecule has 0 fully saturated rings.